The summed E-state index contributed by atoms with van der Waals surface area (Å²) in [5.74, 6) is 2.13. The fourth-order valence-corrected chi connectivity index (χ4v) is 3.38. The molecule has 3 aromatic rings. The Morgan fingerprint density at radius 3 is 2.91 bits per heavy atom. The van der Waals surface area contributed by atoms with E-state index in [9.17, 15) is 0 Å². The van der Waals surface area contributed by atoms with Gasteiger partial charge in [0.05, 0.1) is 19.3 Å². The Balaban J connectivity index is 1.53. The zero-order valence-electron chi connectivity index (χ0n) is 13.1. The van der Waals surface area contributed by atoms with E-state index in [1.165, 1.54) is 11.1 Å². The van der Waals surface area contributed by atoms with Gasteiger partial charge in [0.15, 0.2) is 0 Å². The normalized spacial score (nSPS) is 20.4. The highest BCUT2D eigenvalue weighted by atomic mass is 15.4. The zero-order valence-corrected chi connectivity index (χ0v) is 13.1. The van der Waals surface area contributed by atoms with Gasteiger partial charge in [0.25, 0.3) is 0 Å². The van der Waals surface area contributed by atoms with Crippen LogP contribution in [0, 0.1) is 0 Å². The van der Waals surface area contributed by atoms with Crippen molar-refractivity contribution in [1.29, 1.82) is 0 Å². The molecule has 0 saturated carbocycles. The Bertz CT molecular complexity index is 804. The summed E-state index contributed by atoms with van der Waals surface area (Å²) < 4.78 is 3.95. The maximum atomic E-state index is 5.74. The van der Waals surface area contributed by atoms with Crippen molar-refractivity contribution in [2.24, 2.45) is 0 Å². The van der Waals surface area contributed by atoms with E-state index >= 15 is 0 Å². The van der Waals surface area contributed by atoms with Gasteiger partial charge in [0.2, 0.25) is 5.95 Å². The van der Waals surface area contributed by atoms with Crippen LogP contribution in [-0.2, 0) is 13.1 Å². The average Bonchev–Trinajstić information content (AvgIpc) is 3.14. The number of hydrogen-bond acceptors (Lipinski definition) is 4. The summed E-state index contributed by atoms with van der Waals surface area (Å²) in [5.41, 5.74) is 8.25. The standard InChI is InChI=1S/C17H20N6/c1-12-7-14(11-23-16(12)20-17(18)21-23)15-8-19-22(10-15)9-13-5-3-2-4-6-13/h2-6,8,10,12,14H,7,9,11H2,1H3,(H2,18,21). The number of nitrogen functional groups attached to an aromatic ring is 1. The Labute approximate surface area is 135 Å². The number of benzene rings is 1. The minimum Gasteiger partial charge on any atom is -0.366 e. The summed E-state index contributed by atoms with van der Waals surface area (Å²) in [7, 11) is 0. The van der Waals surface area contributed by atoms with Gasteiger partial charge in [-0.2, -0.15) is 10.1 Å². The Morgan fingerprint density at radius 2 is 2.09 bits per heavy atom. The molecule has 1 aromatic carbocycles. The van der Waals surface area contributed by atoms with Gasteiger partial charge in [0, 0.05) is 18.0 Å². The molecule has 1 aliphatic rings. The van der Waals surface area contributed by atoms with Crippen LogP contribution in [0.2, 0.25) is 0 Å². The van der Waals surface area contributed by atoms with Crippen molar-refractivity contribution >= 4 is 5.95 Å². The highest BCUT2D eigenvalue weighted by molar-refractivity contribution is 5.21. The molecule has 0 spiro atoms. The smallest absolute Gasteiger partial charge is 0.239 e. The van der Waals surface area contributed by atoms with E-state index in [1.54, 1.807) is 0 Å². The van der Waals surface area contributed by atoms with Crippen LogP contribution in [-0.4, -0.2) is 24.5 Å². The number of nitrogens with two attached hydrogens (primary N) is 1. The third-order valence-electron chi connectivity index (χ3n) is 4.50. The summed E-state index contributed by atoms with van der Waals surface area (Å²) in [6.07, 6.45) is 5.18. The Morgan fingerprint density at radius 1 is 1.26 bits per heavy atom. The average molecular weight is 308 g/mol. The predicted octanol–water partition coefficient (Wildman–Crippen LogP) is 2.40. The molecule has 2 atom stereocenters. The van der Waals surface area contributed by atoms with Crippen molar-refractivity contribution in [2.45, 2.75) is 38.3 Å². The third-order valence-corrected chi connectivity index (χ3v) is 4.50. The van der Waals surface area contributed by atoms with E-state index in [0.717, 1.165) is 25.3 Å². The lowest BCUT2D eigenvalue weighted by molar-refractivity contribution is 0.382. The van der Waals surface area contributed by atoms with E-state index in [2.05, 4.69) is 52.6 Å². The molecule has 23 heavy (non-hydrogen) atoms. The van der Waals surface area contributed by atoms with E-state index < -0.39 is 0 Å². The molecule has 2 aromatic heterocycles. The number of rotatable bonds is 3. The number of anilines is 1. The van der Waals surface area contributed by atoms with Gasteiger partial charge in [0.1, 0.15) is 5.82 Å². The van der Waals surface area contributed by atoms with Crippen LogP contribution < -0.4 is 5.73 Å². The molecule has 0 amide bonds. The Kier molecular flexibility index (Phi) is 3.37. The minimum absolute atomic E-state index is 0.357. The van der Waals surface area contributed by atoms with Crippen LogP contribution >= 0.6 is 0 Å². The van der Waals surface area contributed by atoms with Gasteiger partial charge < -0.3 is 5.73 Å². The quantitative estimate of drug-likeness (QED) is 0.806. The predicted molar refractivity (Wildman–Crippen MR) is 88.0 cm³/mol. The topological polar surface area (TPSA) is 74.5 Å². The second kappa shape index (κ2) is 5.53. The SMILES string of the molecule is CC1CC(c2cnn(Cc3ccccc3)c2)Cn2nc(N)nc21. The van der Waals surface area contributed by atoms with Crippen LogP contribution in [0.5, 0.6) is 0 Å². The van der Waals surface area contributed by atoms with E-state index in [4.69, 9.17) is 5.73 Å². The Hall–Kier alpha value is -2.63. The fourth-order valence-electron chi connectivity index (χ4n) is 3.38. The first-order chi connectivity index (χ1) is 11.2. The number of hydrogen-bond donors (Lipinski definition) is 1. The van der Waals surface area contributed by atoms with Gasteiger partial charge in [-0.25, -0.2) is 4.68 Å². The summed E-state index contributed by atoms with van der Waals surface area (Å²) in [5, 5.41) is 8.83. The zero-order chi connectivity index (χ0) is 15.8. The second-order valence-electron chi connectivity index (χ2n) is 6.30. The van der Waals surface area contributed by atoms with Crippen LogP contribution in [0.1, 0.15) is 42.1 Å². The van der Waals surface area contributed by atoms with Crippen LogP contribution in [0.3, 0.4) is 0 Å². The summed E-state index contributed by atoms with van der Waals surface area (Å²) >= 11 is 0. The molecular weight excluding hydrogens is 288 g/mol. The summed E-state index contributed by atoms with van der Waals surface area (Å²) in [4.78, 5) is 4.33. The molecule has 1 aliphatic heterocycles. The van der Waals surface area contributed by atoms with E-state index in [0.29, 0.717) is 17.8 Å². The molecule has 0 saturated heterocycles. The first-order valence-electron chi connectivity index (χ1n) is 7.95. The van der Waals surface area contributed by atoms with Gasteiger partial charge in [-0.3, -0.25) is 4.68 Å². The molecule has 118 valence electrons. The van der Waals surface area contributed by atoms with Crippen LogP contribution in [0.15, 0.2) is 42.7 Å². The van der Waals surface area contributed by atoms with Crippen molar-refractivity contribution < 1.29 is 0 Å². The molecule has 2 unspecified atom stereocenters. The first-order valence-corrected chi connectivity index (χ1v) is 7.95. The van der Waals surface area contributed by atoms with Crippen LogP contribution in [0.25, 0.3) is 0 Å². The molecule has 0 aliphatic carbocycles. The first kappa shape index (κ1) is 14.0. The molecule has 0 radical (unpaired) electrons. The maximum Gasteiger partial charge on any atom is 0.239 e. The van der Waals surface area contributed by atoms with E-state index in [-0.39, 0.29) is 0 Å². The van der Waals surface area contributed by atoms with Crippen LogP contribution in [0.4, 0.5) is 5.95 Å². The maximum absolute atomic E-state index is 5.74. The third kappa shape index (κ3) is 2.72. The molecule has 0 bridgehead atoms. The van der Waals surface area contributed by atoms with Gasteiger partial charge in [-0.05, 0) is 17.5 Å². The van der Waals surface area contributed by atoms with E-state index in [1.807, 2.05) is 21.6 Å². The highest BCUT2D eigenvalue weighted by Gasteiger charge is 2.28. The molecule has 0 fully saturated rings. The summed E-state index contributed by atoms with van der Waals surface area (Å²) in [6, 6.07) is 10.4. The number of nitrogens with zero attached hydrogens (tertiary/aromatic N) is 5. The number of fused-ring (bicyclic) bond motifs is 1. The van der Waals surface area contributed by atoms with Crippen molar-refractivity contribution in [3.8, 4) is 0 Å². The van der Waals surface area contributed by atoms with Crippen molar-refractivity contribution in [2.75, 3.05) is 5.73 Å². The molecule has 6 nitrogen and oxygen atoms in total. The highest BCUT2D eigenvalue weighted by Crippen LogP contribution is 2.35. The lowest BCUT2D eigenvalue weighted by Crippen LogP contribution is -2.22. The fraction of sp³-hybridized carbons (Fsp3) is 0.353. The molecule has 2 N–H and O–H groups in total. The second-order valence-corrected chi connectivity index (χ2v) is 6.30. The summed E-state index contributed by atoms with van der Waals surface area (Å²) in [6.45, 7) is 3.80. The van der Waals surface area contributed by atoms with Gasteiger partial charge in [-0.1, -0.05) is 37.3 Å². The monoisotopic (exact) mass is 308 g/mol. The number of aromatic nitrogens is 5. The molecule has 3 heterocycles. The van der Waals surface area contributed by atoms with Gasteiger partial charge >= 0.3 is 0 Å². The van der Waals surface area contributed by atoms with Crippen molar-refractivity contribution in [1.82, 2.24) is 24.5 Å². The van der Waals surface area contributed by atoms with Gasteiger partial charge in [-0.15, -0.1) is 5.10 Å². The molecule has 6 heteroatoms. The minimum atomic E-state index is 0.357. The van der Waals surface area contributed by atoms with Crippen molar-refractivity contribution in [3.63, 3.8) is 0 Å². The molecule has 4 rings (SSSR count). The van der Waals surface area contributed by atoms with Crippen molar-refractivity contribution in [3.05, 3.63) is 59.7 Å². The largest absolute Gasteiger partial charge is 0.366 e. The molecular formula is C17H20N6. The lowest BCUT2D eigenvalue weighted by atomic mass is 9.88. The lowest BCUT2D eigenvalue weighted by Gasteiger charge is -2.26.